The third-order valence-electron chi connectivity index (χ3n) is 17.2. The fourth-order valence-electron chi connectivity index (χ4n) is 15.3. The molecule has 1 nitrogen and oxygen atoms in total. The summed E-state index contributed by atoms with van der Waals surface area (Å²) in [6.45, 7) is 4.95. The number of allylic oxidation sites excluding steroid dienone is 3. The molecule has 51 heavy (non-hydrogen) atoms. The van der Waals surface area contributed by atoms with Gasteiger partial charge in [0.2, 0.25) is 0 Å². The lowest BCUT2D eigenvalue weighted by atomic mass is 9.38. The molecule has 7 fully saturated rings. The lowest BCUT2D eigenvalue weighted by Gasteiger charge is -2.69. The van der Waals surface area contributed by atoms with Crippen molar-refractivity contribution >= 4 is 0 Å². The smallest absolute Gasteiger partial charge is 0.103 e. The van der Waals surface area contributed by atoms with E-state index in [1.165, 1.54) is 225 Å². The molecule has 0 heterocycles. The van der Waals surface area contributed by atoms with Crippen LogP contribution in [0.5, 0.6) is 0 Å². The molecule has 0 aliphatic heterocycles. The molecule has 0 saturated heterocycles. The van der Waals surface area contributed by atoms with E-state index in [2.05, 4.69) is 6.08 Å². The Balaban J connectivity index is 1.50. The molecule has 0 radical (unpaired) electrons. The van der Waals surface area contributed by atoms with Gasteiger partial charge in [0.15, 0.2) is 0 Å². The molecule has 8 aliphatic carbocycles. The van der Waals surface area contributed by atoms with Crippen LogP contribution in [0, 0.1) is 40.9 Å². The van der Waals surface area contributed by atoms with Crippen molar-refractivity contribution in [1.82, 2.24) is 0 Å². The van der Waals surface area contributed by atoms with Gasteiger partial charge in [-0.05, 0) is 148 Å². The summed E-state index contributed by atoms with van der Waals surface area (Å²) in [5.74, 6) is 4.50. The van der Waals surface area contributed by atoms with Crippen LogP contribution in [0.1, 0.15) is 225 Å². The van der Waals surface area contributed by atoms with E-state index in [9.17, 15) is 0 Å². The summed E-state index contributed by atoms with van der Waals surface area (Å²) in [6.07, 6.45) is 53.4. The van der Waals surface area contributed by atoms with Gasteiger partial charge in [-0.25, -0.2) is 0 Å². The van der Waals surface area contributed by atoms with Gasteiger partial charge < -0.3 is 4.74 Å². The van der Waals surface area contributed by atoms with E-state index >= 15 is 0 Å². The zero-order valence-electron chi connectivity index (χ0n) is 33.5. The third kappa shape index (κ3) is 6.99. The predicted octanol–water partition coefficient (Wildman–Crippen LogP) is 15.3. The first-order valence-corrected chi connectivity index (χ1v) is 24.1. The van der Waals surface area contributed by atoms with Crippen molar-refractivity contribution in [1.29, 1.82) is 0 Å². The zero-order chi connectivity index (χ0) is 34.5. The van der Waals surface area contributed by atoms with Crippen LogP contribution < -0.4 is 0 Å². The van der Waals surface area contributed by atoms with Crippen LogP contribution in [0.15, 0.2) is 34.9 Å². The Bertz CT molecular complexity index is 1160. The Labute approximate surface area is 316 Å². The summed E-state index contributed by atoms with van der Waals surface area (Å²) in [5.41, 5.74) is 7.83. The van der Waals surface area contributed by atoms with Crippen LogP contribution >= 0.6 is 0 Å². The molecule has 1 atom stereocenters. The zero-order valence-corrected chi connectivity index (χ0v) is 33.5. The van der Waals surface area contributed by atoms with Gasteiger partial charge in [-0.15, -0.1) is 0 Å². The highest BCUT2D eigenvalue weighted by Gasteiger charge is 2.70. The molecular weight excluding hydrogens is 617 g/mol. The Morgan fingerprint density at radius 2 is 0.745 bits per heavy atom. The van der Waals surface area contributed by atoms with Gasteiger partial charge in [-0.2, -0.15) is 0 Å². The van der Waals surface area contributed by atoms with Gasteiger partial charge in [-0.1, -0.05) is 147 Å². The van der Waals surface area contributed by atoms with E-state index in [1.807, 2.05) is 16.7 Å². The van der Waals surface area contributed by atoms with Crippen molar-refractivity contribution in [3.8, 4) is 0 Å². The van der Waals surface area contributed by atoms with Gasteiger partial charge in [-0.3, -0.25) is 0 Å². The van der Waals surface area contributed by atoms with Crippen molar-refractivity contribution in [3.63, 3.8) is 0 Å². The van der Waals surface area contributed by atoms with Crippen molar-refractivity contribution in [2.75, 3.05) is 0 Å². The van der Waals surface area contributed by atoms with E-state index in [4.69, 9.17) is 11.3 Å². The Kier molecular flexibility index (Phi) is 12.6. The molecule has 0 amide bonds. The molecule has 0 N–H and O–H groups in total. The second-order valence-electron chi connectivity index (χ2n) is 19.9. The van der Waals surface area contributed by atoms with Gasteiger partial charge in [0.05, 0.1) is 6.10 Å². The minimum absolute atomic E-state index is 0.0898. The van der Waals surface area contributed by atoms with Gasteiger partial charge in [0.25, 0.3) is 0 Å². The normalized spacial score (nSPS) is 32.8. The molecule has 0 aromatic carbocycles. The molecule has 1 unspecified atom stereocenters. The Hall–Kier alpha value is -0.820. The maximum atomic E-state index is 8.86. The first kappa shape index (κ1) is 37.1. The van der Waals surface area contributed by atoms with E-state index in [1.54, 1.807) is 5.57 Å². The van der Waals surface area contributed by atoms with E-state index in [0.29, 0.717) is 12.0 Å². The highest BCUT2D eigenvalue weighted by molar-refractivity contribution is 5.60. The van der Waals surface area contributed by atoms with Crippen LogP contribution in [0.3, 0.4) is 0 Å². The van der Waals surface area contributed by atoms with Crippen LogP contribution in [0.4, 0.5) is 0 Å². The maximum Gasteiger partial charge on any atom is 0.103 e. The van der Waals surface area contributed by atoms with E-state index in [-0.39, 0.29) is 11.0 Å². The number of rotatable bonds is 9. The van der Waals surface area contributed by atoms with Crippen molar-refractivity contribution < 1.29 is 4.74 Å². The van der Waals surface area contributed by atoms with Crippen LogP contribution in [-0.4, -0.2) is 11.7 Å². The Morgan fingerprint density at radius 1 is 0.392 bits per heavy atom. The fraction of sp³-hybridized carbons (Fsp3) is 0.880. The highest BCUT2D eigenvalue weighted by Crippen LogP contribution is 2.73. The molecule has 0 aromatic heterocycles. The summed E-state index contributed by atoms with van der Waals surface area (Å²) in [4.78, 5) is 0. The summed E-state index contributed by atoms with van der Waals surface area (Å²) in [6, 6.07) is 0. The van der Waals surface area contributed by atoms with Gasteiger partial charge in [0, 0.05) is 5.41 Å². The molecule has 0 spiro atoms. The lowest BCUT2D eigenvalue weighted by molar-refractivity contribution is -0.225. The van der Waals surface area contributed by atoms with Crippen molar-refractivity contribution in [2.45, 2.75) is 236 Å². The lowest BCUT2D eigenvalue weighted by Crippen LogP contribution is -2.69. The number of hydrogen-bond donors (Lipinski definition) is 0. The topological polar surface area (TPSA) is 9.23 Å². The second-order valence-corrected chi connectivity index (χ2v) is 19.9. The van der Waals surface area contributed by atoms with Crippen LogP contribution in [-0.2, 0) is 4.74 Å². The molecule has 8 aliphatic rings. The highest BCUT2D eigenvalue weighted by atomic mass is 16.5. The molecule has 8 rings (SSSR count). The predicted molar refractivity (Wildman–Crippen MR) is 217 cm³/mol. The Morgan fingerprint density at radius 3 is 1.18 bits per heavy atom. The molecule has 7 saturated carbocycles. The van der Waals surface area contributed by atoms with E-state index in [0.717, 1.165) is 29.6 Å². The van der Waals surface area contributed by atoms with Crippen LogP contribution in [0.2, 0.25) is 0 Å². The largest absolute Gasteiger partial charge is 0.366 e. The first-order chi connectivity index (χ1) is 25.3. The molecule has 1 heteroatoms. The van der Waals surface area contributed by atoms with Gasteiger partial charge in [0.1, 0.15) is 5.60 Å². The van der Waals surface area contributed by atoms with E-state index < -0.39 is 0 Å². The van der Waals surface area contributed by atoms with Crippen LogP contribution in [0.25, 0.3) is 0 Å². The van der Waals surface area contributed by atoms with Crippen molar-refractivity contribution in [3.05, 3.63) is 34.9 Å². The summed E-state index contributed by atoms with van der Waals surface area (Å²) in [7, 11) is 0. The summed E-state index contributed by atoms with van der Waals surface area (Å²) in [5, 5.41) is 0. The standard InChI is InChI=1S/C50H80O/c1-2-45-46(38-24-10-3-11-25-38)48(40-28-14-5-15-29-40)50(43-34-20-8-21-35-43,51-44-36-22-9-23-37-44)49(41-30-16-6-17-31-41,42-32-18-7-19-33-42)47(45)39-26-12-4-13-27-39/h2,38-44H,1,3-37H2. The fourth-order valence-corrected chi connectivity index (χ4v) is 15.3. The summed E-state index contributed by atoms with van der Waals surface area (Å²) < 4.78 is 8.86. The van der Waals surface area contributed by atoms with Crippen molar-refractivity contribution in [2.24, 2.45) is 40.9 Å². The monoisotopic (exact) mass is 697 g/mol. The average Bonchev–Trinajstić information content (AvgIpc) is 3.22. The minimum Gasteiger partial charge on any atom is -0.366 e. The SMILES string of the molecule is C=CC1=C(C2CCCCC2)C(C2CCCCC2)(C2CCCCC2)C(OC2CCCCC2)(C2CCCCC2)C(C2CCCCC2)=C1C1CCCCC1. The average molecular weight is 697 g/mol. The molecule has 0 aromatic rings. The number of ether oxygens (including phenoxy) is 1. The summed E-state index contributed by atoms with van der Waals surface area (Å²) >= 11 is 0. The maximum absolute atomic E-state index is 8.86. The number of hydrogen-bond acceptors (Lipinski definition) is 1. The quantitative estimate of drug-likeness (QED) is 0.233. The molecular formula is C50H80O. The second kappa shape index (κ2) is 17.3. The van der Waals surface area contributed by atoms with Gasteiger partial charge >= 0.3 is 0 Å². The molecule has 0 bridgehead atoms. The molecule has 286 valence electrons. The first-order valence-electron chi connectivity index (χ1n) is 24.1. The minimum atomic E-state index is -0.0898. The third-order valence-corrected chi connectivity index (χ3v) is 17.2.